The van der Waals surface area contributed by atoms with Crippen LogP contribution in [0.5, 0.6) is 0 Å². The average Bonchev–Trinajstić information content (AvgIpc) is 2.69. The summed E-state index contributed by atoms with van der Waals surface area (Å²) < 4.78 is 39.9. The van der Waals surface area contributed by atoms with Crippen LogP contribution in [0.1, 0.15) is 18.4 Å². The van der Waals surface area contributed by atoms with Crippen LogP contribution >= 0.6 is 0 Å². The van der Waals surface area contributed by atoms with Crippen molar-refractivity contribution in [2.45, 2.75) is 24.2 Å². The lowest BCUT2D eigenvalue weighted by atomic mass is 9.98. The second-order valence-electron chi connectivity index (χ2n) is 6.99. The van der Waals surface area contributed by atoms with Gasteiger partial charge in [-0.2, -0.15) is 4.31 Å². The summed E-state index contributed by atoms with van der Waals surface area (Å²) in [5.41, 5.74) is 6.45. The predicted molar refractivity (Wildman–Crippen MR) is 106 cm³/mol. The Morgan fingerprint density at radius 2 is 1.76 bits per heavy atom. The first-order valence-electron chi connectivity index (χ1n) is 9.19. The van der Waals surface area contributed by atoms with Crippen LogP contribution in [-0.2, 0) is 26.0 Å². The van der Waals surface area contributed by atoms with E-state index in [0.29, 0.717) is 25.1 Å². The zero-order chi connectivity index (χ0) is 21.0. The van der Waals surface area contributed by atoms with Crippen LogP contribution in [0, 0.1) is 11.7 Å². The van der Waals surface area contributed by atoms with Crippen molar-refractivity contribution in [1.82, 2.24) is 4.31 Å². The lowest BCUT2D eigenvalue weighted by molar-refractivity contribution is -0.121. The number of amides is 2. The van der Waals surface area contributed by atoms with Crippen molar-refractivity contribution >= 4 is 27.5 Å². The molecule has 3 rings (SSSR count). The Morgan fingerprint density at radius 1 is 1.10 bits per heavy atom. The van der Waals surface area contributed by atoms with Crippen LogP contribution in [0.15, 0.2) is 53.4 Å². The molecule has 0 aliphatic carbocycles. The average molecular weight is 419 g/mol. The fraction of sp³-hybridized carbons (Fsp3) is 0.300. The number of carbonyl (C=O) groups excluding carboxylic acids is 2. The number of halogens is 1. The van der Waals surface area contributed by atoms with Gasteiger partial charge in [0.15, 0.2) is 0 Å². The molecule has 2 aromatic rings. The minimum absolute atomic E-state index is 0.00463. The highest BCUT2D eigenvalue weighted by Gasteiger charge is 2.33. The van der Waals surface area contributed by atoms with E-state index in [1.165, 1.54) is 16.4 Å². The van der Waals surface area contributed by atoms with E-state index in [1.54, 1.807) is 24.3 Å². The maximum Gasteiger partial charge on any atom is 0.243 e. The Balaban J connectivity index is 1.66. The summed E-state index contributed by atoms with van der Waals surface area (Å²) in [6, 6.07) is 11.4. The highest BCUT2D eigenvalue weighted by molar-refractivity contribution is 7.89. The van der Waals surface area contributed by atoms with E-state index in [1.807, 2.05) is 0 Å². The molecule has 1 aliphatic rings. The largest absolute Gasteiger partial charge is 0.369 e. The molecule has 0 aromatic heterocycles. The van der Waals surface area contributed by atoms with Gasteiger partial charge >= 0.3 is 0 Å². The summed E-state index contributed by atoms with van der Waals surface area (Å²) in [4.78, 5) is 23.6. The second-order valence-corrected chi connectivity index (χ2v) is 8.92. The normalized spacial score (nSPS) is 17.6. The van der Waals surface area contributed by atoms with Gasteiger partial charge in [-0.05, 0) is 54.8 Å². The number of nitrogens with two attached hydrogens (primary N) is 1. The van der Waals surface area contributed by atoms with Crippen LogP contribution in [0.3, 0.4) is 0 Å². The van der Waals surface area contributed by atoms with Crippen LogP contribution in [0.4, 0.5) is 10.1 Å². The van der Waals surface area contributed by atoms with Crippen LogP contribution in [0.2, 0.25) is 0 Å². The standard InChI is InChI=1S/C20H22FN3O4S/c21-16-5-9-18(10-6-16)29(27,28)24-11-1-2-15(13-24)20(26)23-17-7-3-14(4-8-17)12-19(22)25/h3-10,15H,1-2,11-13H2,(H2,22,25)(H,23,26). The number of carbonyl (C=O) groups is 2. The Hall–Kier alpha value is -2.78. The zero-order valence-electron chi connectivity index (χ0n) is 15.7. The number of nitrogens with one attached hydrogen (secondary N) is 1. The number of benzene rings is 2. The lowest BCUT2D eigenvalue weighted by Gasteiger charge is -2.31. The van der Waals surface area contributed by atoms with Gasteiger partial charge in [0.05, 0.1) is 17.2 Å². The highest BCUT2D eigenvalue weighted by atomic mass is 32.2. The molecule has 1 aliphatic heterocycles. The molecule has 29 heavy (non-hydrogen) atoms. The van der Waals surface area contributed by atoms with Gasteiger partial charge in [0.1, 0.15) is 5.82 Å². The number of anilines is 1. The van der Waals surface area contributed by atoms with Crippen molar-refractivity contribution in [3.63, 3.8) is 0 Å². The van der Waals surface area contributed by atoms with Gasteiger partial charge in [-0.25, -0.2) is 12.8 Å². The maximum absolute atomic E-state index is 13.1. The molecule has 0 bridgehead atoms. The van der Waals surface area contributed by atoms with Crippen molar-refractivity contribution in [3.8, 4) is 0 Å². The van der Waals surface area contributed by atoms with E-state index in [9.17, 15) is 22.4 Å². The molecule has 1 heterocycles. The summed E-state index contributed by atoms with van der Waals surface area (Å²) in [5, 5.41) is 2.79. The molecular formula is C20H22FN3O4S. The molecule has 9 heteroatoms. The molecule has 2 aromatic carbocycles. The van der Waals surface area contributed by atoms with Crippen molar-refractivity contribution in [2.24, 2.45) is 11.7 Å². The number of rotatable bonds is 6. The van der Waals surface area contributed by atoms with E-state index in [2.05, 4.69) is 5.32 Å². The quantitative estimate of drug-likeness (QED) is 0.745. The summed E-state index contributed by atoms with van der Waals surface area (Å²) in [5.74, 6) is -1.72. The van der Waals surface area contributed by atoms with Gasteiger partial charge in [-0.15, -0.1) is 0 Å². The lowest BCUT2D eigenvalue weighted by Crippen LogP contribution is -2.43. The first-order chi connectivity index (χ1) is 13.8. The van der Waals surface area contributed by atoms with E-state index in [-0.39, 0.29) is 23.8 Å². The van der Waals surface area contributed by atoms with E-state index < -0.39 is 27.7 Å². The molecular weight excluding hydrogens is 397 g/mol. The van der Waals surface area contributed by atoms with E-state index in [4.69, 9.17) is 5.73 Å². The van der Waals surface area contributed by atoms with Gasteiger partial charge in [0.2, 0.25) is 21.8 Å². The van der Waals surface area contributed by atoms with Gasteiger partial charge in [-0.1, -0.05) is 12.1 Å². The third kappa shape index (κ3) is 5.18. The van der Waals surface area contributed by atoms with Gasteiger partial charge in [0, 0.05) is 18.8 Å². The van der Waals surface area contributed by atoms with E-state index in [0.717, 1.165) is 17.7 Å². The summed E-state index contributed by atoms with van der Waals surface area (Å²) in [6.45, 7) is 0.372. The first-order valence-corrected chi connectivity index (χ1v) is 10.6. The molecule has 0 saturated carbocycles. The number of hydrogen-bond acceptors (Lipinski definition) is 4. The molecule has 0 radical (unpaired) electrons. The molecule has 1 unspecified atom stereocenters. The van der Waals surface area contributed by atoms with Gasteiger partial charge in [0.25, 0.3) is 0 Å². The maximum atomic E-state index is 13.1. The van der Waals surface area contributed by atoms with Crippen LogP contribution < -0.4 is 11.1 Å². The van der Waals surface area contributed by atoms with Crippen molar-refractivity contribution in [1.29, 1.82) is 0 Å². The summed E-state index contributed by atoms with van der Waals surface area (Å²) in [6.07, 6.45) is 1.24. The van der Waals surface area contributed by atoms with Crippen molar-refractivity contribution in [2.75, 3.05) is 18.4 Å². The number of primary amides is 1. The molecule has 3 N–H and O–H groups in total. The molecule has 1 saturated heterocycles. The molecule has 0 spiro atoms. The monoisotopic (exact) mass is 419 g/mol. The van der Waals surface area contributed by atoms with Crippen molar-refractivity contribution in [3.05, 3.63) is 59.9 Å². The number of sulfonamides is 1. The number of nitrogens with zero attached hydrogens (tertiary/aromatic N) is 1. The Kier molecular flexibility index (Phi) is 6.29. The first kappa shape index (κ1) is 20.9. The van der Waals surface area contributed by atoms with Gasteiger partial charge in [-0.3, -0.25) is 9.59 Å². The smallest absolute Gasteiger partial charge is 0.243 e. The topological polar surface area (TPSA) is 110 Å². The van der Waals surface area contributed by atoms with Crippen LogP contribution in [-0.4, -0.2) is 37.6 Å². The second kappa shape index (κ2) is 8.71. The third-order valence-corrected chi connectivity index (χ3v) is 6.69. The van der Waals surface area contributed by atoms with Crippen LogP contribution in [0.25, 0.3) is 0 Å². The third-order valence-electron chi connectivity index (χ3n) is 4.81. The molecule has 1 fully saturated rings. The molecule has 154 valence electrons. The Bertz CT molecular complexity index is 991. The molecule has 7 nitrogen and oxygen atoms in total. The Labute approximate surface area is 168 Å². The predicted octanol–water partition coefficient (Wildman–Crippen LogP) is 1.89. The van der Waals surface area contributed by atoms with Gasteiger partial charge < -0.3 is 11.1 Å². The number of hydrogen-bond donors (Lipinski definition) is 2. The fourth-order valence-corrected chi connectivity index (χ4v) is 4.81. The molecule has 1 atom stereocenters. The SMILES string of the molecule is NC(=O)Cc1ccc(NC(=O)C2CCCN(S(=O)(=O)c3ccc(F)cc3)C2)cc1. The van der Waals surface area contributed by atoms with E-state index >= 15 is 0 Å². The highest BCUT2D eigenvalue weighted by Crippen LogP contribution is 2.25. The minimum atomic E-state index is -3.79. The Morgan fingerprint density at radius 3 is 2.38 bits per heavy atom. The summed E-state index contributed by atoms with van der Waals surface area (Å²) >= 11 is 0. The number of piperidine rings is 1. The fourth-order valence-electron chi connectivity index (χ4n) is 3.28. The molecule has 2 amide bonds. The van der Waals surface area contributed by atoms with Crippen molar-refractivity contribution < 1.29 is 22.4 Å². The minimum Gasteiger partial charge on any atom is -0.369 e. The summed E-state index contributed by atoms with van der Waals surface area (Å²) in [7, 11) is -3.79. The zero-order valence-corrected chi connectivity index (χ0v) is 16.5.